The lowest BCUT2D eigenvalue weighted by Crippen LogP contribution is -2.21. The van der Waals surface area contributed by atoms with Crippen molar-refractivity contribution < 1.29 is 4.74 Å². The van der Waals surface area contributed by atoms with E-state index in [4.69, 9.17) is 9.72 Å². The summed E-state index contributed by atoms with van der Waals surface area (Å²) < 4.78 is 7.38. The van der Waals surface area contributed by atoms with Crippen molar-refractivity contribution >= 4 is 11.0 Å². The second-order valence-electron chi connectivity index (χ2n) is 9.30. The maximum atomic E-state index is 12.8. The largest absolute Gasteiger partial charge is 0.496 e. The van der Waals surface area contributed by atoms with Gasteiger partial charge in [0.1, 0.15) is 17.0 Å². The molecule has 0 amide bonds. The first-order valence-corrected chi connectivity index (χ1v) is 11.4. The number of H-pyrrole nitrogens is 1. The van der Waals surface area contributed by atoms with Gasteiger partial charge in [0.05, 0.1) is 19.3 Å². The summed E-state index contributed by atoms with van der Waals surface area (Å²) in [7, 11) is 1.71. The van der Waals surface area contributed by atoms with Crippen molar-refractivity contribution in [2.24, 2.45) is 5.92 Å². The molecule has 1 aliphatic heterocycles. The van der Waals surface area contributed by atoms with Crippen molar-refractivity contribution in [3.05, 3.63) is 51.7 Å². The minimum Gasteiger partial charge on any atom is -0.496 e. The SMILES string of the molecule is COc1ccc(CN2C[C@@H](C)[C@H](c3nc4c(cnn4C4CCCC4)c(=O)[nH]3)C2)cc1C. The summed E-state index contributed by atoms with van der Waals surface area (Å²) in [4.78, 5) is 23.3. The van der Waals surface area contributed by atoms with E-state index >= 15 is 0 Å². The molecule has 164 valence electrons. The topological polar surface area (TPSA) is 76.0 Å². The second kappa shape index (κ2) is 8.11. The summed E-state index contributed by atoms with van der Waals surface area (Å²) in [5.41, 5.74) is 3.12. The fraction of sp³-hybridized carbons (Fsp3) is 0.542. The number of aryl methyl sites for hydroxylation is 1. The minimum absolute atomic E-state index is 0.0688. The maximum Gasteiger partial charge on any atom is 0.262 e. The predicted molar refractivity (Wildman–Crippen MR) is 121 cm³/mol. The Bertz CT molecular complexity index is 1140. The van der Waals surface area contributed by atoms with Crippen LogP contribution in [0.5, 0.6) is 5.75 Å². The van der Waals surface area contributed by atoms with Gasteiger partial charge in [-0.05, 0) is 42.9 Å². The number of rotatable bonds is 5. The highest BCUT2D eigenvalue weighted by Gasteiger charge is 2.33. The molecule has 0 spiro atoms. The molecule has 2 atom stereocenters. The summed E-state index contributed by atoms with van der Waals surface area (Å²) in [6.07, 6.45) is 6.37. The van der Waals surface area contributed by atoms with Gasteiger partial charge in [-0.25, -0.2) is 9.67 Å². The molecule has 2 aliphatic rings. The van der Waals surface area contributed by atoms with E-state index in [9.17, 15) is 4.79 Å². The van der Waals surface area contributed by atoms with Gasteiger partial charge in [0, 0.05) is 25.6 Å². The fourth-order valence-corrected chi connectivity index (χ4v) is 5.39. The van der Waals surface area contributed by atoms with E-state index in [1.165, 1.54) is 18.4 Å². The lowest BCUT2D eigenvalue weighted by molar-refractivity contribution is 0.318. The highest BCUT2D eigenvalue weighted by molar-refractivity contribution is 5.73. The molecule has 2 aromatic heterocycles. The number of benzene rings is 1. The van der Waals surface area contributed by atoms with E-state index in [0.717, 1.165) is 55.3 Å². The van der Waals surface area contributed by atoms with Crippen molar-refractivity contribution in [3.63, 3.8) is 0 Å². The van der Waals surface area contributed by atoms with Crippen LogP contribution in [-0.4, -0.2) is 44.8 Å². The van der Waals surface area contributed by atoms with Gasteiger partial charge in [-0.1, -0.05) is 31.9 Å². The molecule has 3 heterocycles. The third-order valence-electron chi connectivity index (χ3n) is 7.06. The summed E-state index contributed by atoms with van der Waals surface area (Å²) in [5, 5.41) is 5.14. The van der Waals surface area contributed by atoms with Crippen LogP contribution in [0.1, 0.15) is 61.5 Å². The number of nitrogens with zero attached hydrogens (tertiary/aromatic N) is 4. The molecule has 1 saturated heterocycles. The molecule has 1 N–H and O–H groups in total. The molecule has 0 bridgehead atoms. The molecule has 7 nitrogen and oxygen atoms in total. The number of aromatic nitrogens is 4. The zero-order chi connectivity index (χ0) is 21.5. The van der Waals surface area contributed by atoms with Gasteiger partial charge in [-0.2, -0.15) is 5.10 Å². The van der Waals surface area contributed by atoms with Gasteiger partial charge in [0.15, 0.2) is 5.65 Å². The molecule has 3 aromatic rings. The van der Waals surface area contributed by atoms with Crippen LogP contribution in [0.3, 0.4) is 0 Å². The highest BCUT2D eigenvalue weighted by atomic mass is 16.5. The monoisotopic (exact) mass is 421 g/mol. The Kier molecular flexibility index (Phi) is 5.30. The molecule has 0 unspecified atom stereocenters. The third-order valence-corrected chi connectivity index (χ3v) is 7.06. The molecule has 0 radical (unpaired) electrons. The first kappa shape index (κ1) is 20.2. The number of methoxy groups -OCH3 is 1. The number of ether oxygens (including phenoxy) is 1. The predicted octanol–water partition coefficient (Wildman–Crippen LogP) is 3.79. The van der Waals surface area contributed by atoms with Crippen molar-refractivity contribution in [3.8, 4) is 5.75 Å². The first-order valence-electron chi connectivity index (χ1n) is 11.4. The molecule has 5 rings (SSSR count). The molecular formula is C24H31N5O2. The molecule has 2 fully saturated rings. The van der Waals surface area contributed by atoms with Gasteiger partial charge in [-0.15, -0.1) is 0 Å². The average molecular weight is 422 g/mol. The van der Waals surface area contributed by atoms with Crippen LogP contribution in [0, 0.1) is 12.8 Å². The Morgan fingerprint density at radius 3 is 2.77 bits per heavy atom. The Morgan fingerprint density at radius 1 is 1.23 bits per heavy atom. The van der Waals surface area contributed by atoms with E-state index < -0.39 is 0 Å². The highest BCUT2D eigenvalue weighted by Crippen LogP contribution is 2.33. The Labute approximate surface area is 182 Å². The lowest BCUT2D eigenvalue weighted by atomic mass is 9.97. The number of likely N-dealkylation sites (tertiary alicyclic amines) is 1. The van der Waals surface area contributed by atoms with E-state index in [0.29, 0.717) is 17.3 Å². The van der Waals surface area contributed by atoms with E-state index in [2.05, 4.69) is 41.0 Å². The average Bonchev–Trinajstić information content (AvgIpc) is 3.47. The first-order chi connectivity index (χ1) is 15.0. The van der Waals surface area contributed by atoms with Crippen molar-refractivity contribution in [2.75, 3.05) is 20.2 Å². The van der Waals surface area contributed by atoms with Crippen LogP contribution < -0.4 is 10.3 Å². The van der Waals surface area contributed by atoms with Crippen LogP contribution >= 0.6 is 0 Å². The van der Waals surface area contributed by atoms with Crippen LogP contribution in [0.25, 0.3) is 11.0 Å². The van der Waals surface area contributed by atoms with Crippen LogP contribution in [0.2, 0.25) is 0 Å². The number of aromatic amines is 1. The van der Waals surface area contributed by atoms with Gasteiger partial charge in [0.2, 0.25) is 0 Å². The smallest absolute Gasteiger partial charge is 0.262 e. The number of hydrogen-bond donors (Lipinski definition) is 1. The molecule has 31 heavy (non-hydrogen) atoms. The van der Waals surface area contributed by atoms with Crippen LogP contribution in [-0.2, 0) is 6.54 Å². The normalized spacial score (nSPS) is 22.5. The van der Waals surface area contributed by atoms with Crippen LogP contribution in [0.4, 0.5) is 0 Å². The van der Waals surface area contributed by atoms with Crippen LogP contribution in [0.15, 0.2) is 29.2 Å². The van der Waals surface area contributed by atoms with Crippen molar-refractivity contribution in [1.29, 1.82) is 0 Å². The molecule has 1 aliphatic carbocycles. The van der Waals surface area contributed by atoms with Gasteiger partial charge in [-0.3, -0.25) is 9.69 Å². The number of nitrogens with one attached hydrogen (secondary N) is 1. The summed E-state index contributed by atoms with van der Waals surface area (Å²) in [6.45, 7) is 7.09. The Hall–Kier alpha value is -2.67. The third kappa shape index (κ3) is 3.76. The number of fused-ring (bicyclic) bond motifs is 1. The second-order valence-corrected chi connectivity index (χ2v) is 9.30. The van der Waals surface area contributed by atoms with E-state index in [1.54, 1.807) is 13.3 Å². The minimum atomic E-state index is -0.0688. The fourth-order valence-electron chi connectivity index (χ4n) is 5.39. The summed E-state index contributed by atoms with van der Waals surface area (Å²) in [5.74, 6) is 2.36. The maximum absolute atomic E-state index is 12.8. The molecule has 1 aromatic carbocycles. The van der Waals surface area contributed by atoms with Gasteiger partial charge >= 0.3 is 0 Å². The van der Waals surface area contributed by atoms with Gasteiger partial charge < -0.3 is 9.72 Å². The molecule has 7 heteroatoms. The standard InChI is InChI=1S/C24H31N5O2/c1-15-10-17(8-9-21(15)31-3)13-28-12-16(2)20(14-28)22-26-23-19(24(30)27-22)11-25-29(23)18-6-4-5-7-18/h8-11,16,18,20H,4-7,12-14H2,1-3H3,(H,26,27,30)/t16-,20-/m1/s1. The molecule has 1 saturated carbocycles. The number of hydrogen-bond acceptors (Lipinski definition) is 5. The van der Waals surface area contributed by atoms with E-state index in [1.807, 2.05) is 10.7 Å². The summed E-state index contributed by atoms with van der Waals surface area (Å²) in [6, 6.07) is 6.74. The quantitative estimate of drug-likeness (QED) is 0.678. The lowest BCUT2D eigenvalue weighted by Gasteiger charge is -2.17. The van der Waals surface area contributed by atoms with Crippen molar-refractivity contribution in [1.82, 2.24) is 24.6 Å². The zero-order valence-corrected chi connectivity index (χ0v) is 18.6. The Balaban J connectivity index is 1.39. The van der Waals surface area contributed by atoms with Gasteiger partial charge in [0.25, 0.3) is 5.56 Å². The Morgan fingerprint density at radius 2 is 2.03 bits per heavy atom. The van der Waals surface area contributed by atoms with E-state index in [-0.39, 0.29) is 11.5 Å². The summed E-state index contributed by atoms with van der Waals surface area (Å²) >= 11 is 0. The van der Waals surface area contributed by atoms with Crippen molar-refractivity contribution in [2.45, 2.75) is 58.0 Å². The zero-order valence-electron chi connectivity index (χ0n) is 18.6. The molecular weight excluding hydrogens is 390 g/mol.